The molecule has 6 N–H and O–H groups in total. The van der Waals surface area contributed by atoms with Crippen molar-refractivity contribution in [3.8, 4) is 0 Å². The third kappa shape index (κ3) is 13.1. The van der Waals surface area contributed by atoms with E-state index in [-0.39, 0.29) is 49.2 Å². The van der Waals surface area contributed by atoms with Crippen molar-refractivity contribution in [1.82, 2.24) is 10.6 Å². The number of carboxylic acid groups (broad SMARTS) is 1. The monoisotopic (exact) mass is 564 g/mol. The summed E-state index contributed by atoms with van der Waals surface area (Å²) in [5.41, 5.74) is 7.12. The number of nitrogens with one attached hydrogen (secondary N) is 3. The molecule has 0 saturated carbocycles. The van der Waals surface area contributed by atoms with Crippen LogP contribution in [0.4, 0.5) is 10.5 Å². The normalized spacial score (nSPS) is 14.0. The highest BCUT2D eigenvalue weighted by atomic mass is 32.2. The van der Waals surface area contributed by atoms with Gasteiger partial charge in [0.2, 0.25) is 5.91 Å². The molecule has 1 aromatic carbocycles. The van der Waals surface area contributed by atoms with Gasteiger partial charge in [-0.2, -0.15) is 11.8 Å². The number of anilines is 1. The highest BCUT2D eigenvalue weighted by Crippen LogP contribution is 2.22. The molecule has 218 valence electrons. The molecule has 0 aliphatic rings. The molecule has 0 spiro atoms. The fourth-order valence-corrected chi connectivity index (χ4v) is 4.49. The largest absolute Gasteiger partial charge is 0.481 e. The van der Waals surface area contributed by atoms with E-state index >= 15 is 0 Å². The second kappa shape index (κ2) is 18.4. The topological polar surface area (TPSA) is 168 Å². The predicted octanol–water partition coefficient (Wildman–Crippen LogP) is 3.59. The Morgan fingerprint density at radius 3 is 2.26 bits per heavy atom. The van der Waals surface area contributed by atoms with Crippen LogP contribution in [-0.4, -0.2) is 59.2 Å². The van der Waals surface area contributed by atoms with Crippen LogP contribution in [0.5, 0.6) is 0 Å². The van der Waals surface area contributed by atoms with Crippen LogP contribution in [0, 0.1) is 17.8 Å². The molecule has 0 aliphatic carbocycles. The van der Waals surface area contributed by atoms with Gasteiger partial charge in [0.1, 0.15) is 5.78 Å². The van der Waals surface area contributed by atoms with Gasteiger partial charge in [-0.15, -0.1) is 0 Å². The zero-order valence-corrected chi connectivity index (χ0v) is 24.3. The zero-order valence-electron chi connectivity index (χ0n) is 23.5. The Morgan fingerprint density at radius 2 is 1.69 bits per heavy atom. The third-order valence-corrected chi connectivity index (χ3v) is 7.41. The highest BCUT2D eigenvalue weighted by Gasteiger charge is 2.30. The first-order valence-corrected chi connectivity index (χ1v) is 14.8. The number of nitrogens with two attached hydrogens (primary N) is 1. The number of ketones is 2. The molecular weight excluding hydrogens is 520 g/mol. The minimum absolute atomic E-state index is 0.0139. The molecule has 3 amide bonds. The maximum absolute atomic E-state index is 13.3. The summed E-state index contributed by atoms with van der Waals surface area (Å²) in [5, 5.41) is 17.2. The average Bonchev–Trinajstić information content (AvgIpc) is 2.91. The van der Waals surface area contributed by atoms with Gasteiger partial charge in [0.15, 0.2) is 5.78 Å². The van der Waals surface area contributed by atoms with Gasteiger partial charge in [-0.25, -0.2) is 4.79 Å². The lowest BCUT2D eigenvalue weighted by Gasteiger charge is -2.25. The molecule has 39 heavy (non-hydrogen) atoms. The van der Waals surface area contributed by atoms with E-state index in [1.807, 2.05) is 32.2 Å². The highest BCUT2D eigenvalue weighted by molar-refractivity contribution is 7.98. The molecule has 0 bridgehead atoms. The van der Waals surface area contributed by atoms with Crippen molar-refractivity contribution in [2.45, 2.75) is 71.9 Å². The van der Waals surface area contributed by atoms with Crippen LogP contribution in [-0.2, 0) is 25.7 Å². The maximum Gasteiger partial charge on any atom is 0.319 e. The van der Waals surface area contributed by atoms with Gasteiger partial charge in [-0.05, 0) is 48.5 Å². The van der Waals surface area contributed by atoms with Gasteiger partial charge in [-0.1, -0.05) is 39.3 Å². The third-order valence-electron chi connectivity index (χ3n) is 6.77. The minimum Gasteiger partial charge on any atom is -0.481 e. The molecule has 4 atom stereocenters. The number of urea groups is 1. The Kier molecular flexibility index (Phi) is 16.1. The van der Waals surface area contributed by atoms with Crippen molar-refractivity contribution in [2.24, 2.45) is 23.5 Å². The van der Waals surface area contributed by atoms with E-state index in [4.69, 9.17) is 10.8 Å². The lowest BCUT2D eigenvalue weighted by molar-refractivity contribution is -0.140. The number of Topliss-reactive ketones (excluding diaryl/α,β-unsaturated/α-hetero) is 2. The summed E-state index contributed by atoms with van der Waals surface area (Å²) in [6.07, 6.45) is 3.38. The second-order valence-electron chi connectivity index (χ2n) is 9.86. The number of carbonyl (C=O) groups excluding carboxylic acids is 4. The van der Waals surface area contributed by atoms with Crippen molar-refractivity contribution in [3.05, 3.63) is 29.8 Å². The summed E-state index contributed by atoms with van der Waals surface area (Å²) in [7, 11) is 0. The SMILES string of the molecule is CC[C@H](C)[C@H](CC(=O)[C@H](CCSC)NC(=O)Nc1ccc(CN)cc1)C(=O)NCCCC(=O)C(C)CC(=O)O. The van der Waals surface area contributed by atoms with Crippen molar-refractivity contribution < 1.29 is 29.1 Å². The van der Waals surface area contributed by atoms with Crippen LogP contribution in [0.3, 0.4) is 0 Å². The van der Waals surface area contributed by atoms with Crippen LogP contribution in [0.25, 0.3) is 0 Å². The number of benzene rings is 1. The summed E-state index contributed by atoms with van der Waals surface area (Å²) in [6, 6.07) is 5.87. The van der Waals surface area contributed by atoms with Crippen molar-refractivity contribution in [3.63, 3.8) is 0 Å². The first-order valence-electron chi connectivity index (χ1n) is 13.4. The van der Waals surface area contributed by atoms with Crippen LogP contribution in [0.15, 0.2) is 24.3 Å². The summed E-state index contributed by atoms with van der Waals surface area (Å²) >= 11 is 1.56. The maximum atomic E-state index is 13.3. The van der Waals surface area contributed by atoms with E-state index in [0.717, 1.165) is 5.56 Å². The fourth-order valence-electron chi connectivity index (χ4n) is 4.02. The van der Waals surface area contributed by atoms with E-state index in [2.05, 4.69) is 16.0 Å². The van der Waals surface area contributed by atoms with Gasteiger partial charge in [-0.3, -0.25) is 19.2 Å². The number of thioether (sulfide) groups is 1. The van der Waals surface area contributed by atoms with Gasteiger partial charge in [0.25, 0.3) is 0 Å². The van der Waals surface area contributed by atoms with Crippen LogP contribution in [0.2, 0.25) is 0 Å². The summed E-state index contributed by atoms with van der Waals surface area (Å²) in [6.45, 7) is 6.10. The second-order valence-corrected chi connectivity index (χ2v) is 10.8. The standard InChI is InChI=1S/C28H44N4O6S/c1-5-18(2)22(27(37)30-13-6-7-24(33)19(3)15-26(35)36)16-25(34)23(12-14-39-4)32-28(38)31-21-10-8-20(17-29)9-11-21/h8-11,18-19,22-23H,5-7,12-17,29H2,1-4H3,(H,30,37)(H,35,36)(H2,31,32,38)/t18-,19?,22-,23-/m0/s1. The number of carboxylic acids is 1. The predicted molar refractivity (Wildman–Crippen MR) is 155 cm³/mol. The van der Waals surface area contributed by atoms with Crippen LogP contribution < -0.4 is 21.7 Å². The van der Waals surface area contributed by atoms with E-state index in [1.165, 1.54) is 0 Å². The molecule has 0 fully saturated rings. The van der Waals surface area contributed by atoms with Gasteiger partial charge in [0, 0.05) is 43.5 Å². The van der Waals surface area contributed by atoms with Gasteiger partial charge >= 0.3 is 12.0 Å². The minimum atomic E-state index is -1.02. The number of hydrogen-bond acceptors (Lipinski definition) is 7. The van der Waals surface area contributed by atoms with Gasteiger partial charge in [0.05, 0.1) is 12.5 Å². The first-order chi connectivity index (χ1) is 18.5. The molecule has 0 aliphatic heterocycles. The summed E-state index contributed by atoms with van der Waals surface area (Å²) in [5.74, 6) is -2.21. The molecule has 1 rings (SSSR count). The molecule has 1 aromatic rings. The van der Waals surface area contributed by atoms with Crippen LogP contribution in [0.1, 0.15) is 64.9 Å². The van der Waals surface area contributed by atoms with E-state index in [9.17, 15) is 24.0 Å². The smallest absolute Gasteiger partial charge is 0.319 e. The Bertz CT molecular complexity index is 956. The summed E-state index contributed by atoms with van der Waals surface area (Å²) in [4.78, 5) is 61.8. The Hall–Kier alpha value is -2.92. The Balaban J connectivity index is 2.75. The van der Waals surface area contributed by atoms with Crippen molar-refractivity contribution in [2.75, 3.05) is 23.9 Å². The molecule has 10 nitrogen and oxygen atoms in total. The first kappa shape index (κ1) is 34.1. The number of aliphatic carboxylic acids is 1. The molecule has 0 radical (unpaired) electrons. The molecule has 0 saturated heterocycles. The Morgan fingerprint density at radius 1 is 1.03 bits per heavy atom. The number of hydrogen-bond donors (Lipinski definition) is 5. The Labute approximate surface area is 235 Å². The fraction of sp³-hybridized carbons (Fsp3) is 0.607. The quantitative estimate of drug-likeness (QED) is 0.159. The van der Waals surface area contributed by atoms with Crippen molar-refractivity contribution in [1.29, 1.82) is 0 Å². The number of carbonyl (C=O) groups is 5. The number of rotatable bonds is 19. The molecular formula is C28H44N4O6S. The van der Waals surface area contributed by atoms with E-state index < -0.39 is 29.9 Å². The lowest BCUT2D eigenvalue weighted by atomic mass is 9.85. The number of amides is 3. The summed E-state index contributed by atoms with van der Waals surface area (Å²) < 4.78 is 0. The van der Waals surface area contributed by atoms with Gasteiger partial charge < -0.3 is 26.8 Å². The molecule has 1 unspecified atom stereocenters. The van der Waals surface area contributed by atoms with Crippen LogP contribution >= 0.6 is 11.8 Å². The van der Waals surface area contributed by atoms with E-state index in [0.29, 0.717) is 37.2 Å². The lowest BCUT2D eigenvalue weighted by Crippen LogP contribution is -2.45. The molecule has 0 heterocycles. The average molecular weight is 565 g/mol. The zero-order chi connectivity index (χ0) is 29.4. The van der Waals surface area contributed by atoms with Crippen molar-refractivity contribution >= 4 is 46.9 Å². The molecule has 11 heteroatoms. The molecule has 0 aromatic heterocycles. The van der Waals surface area contributed by atoms with E-state index in [1.54, 1.807) is 30.8 Å².